The fourth-order valence-corrected chi connectivity index (χ4v) is 4.24. The Kier molecular flexibility index (Phi) is 2.77. The van der Waals surface area contributed by atoms with Crippen molar-refractivity contribution in [1.29, 1.82) is 0 Å². The molecule has 110 valence electrons. The first-order chi connectivity index (χ1) is 10.0. The molecule has 4 rings (SSSR count). The third-order valence-corrected chi connectivity index (χ3v) is 5.27. The third-order valence-electron chi connectivity index (χ3n) is 4.95. The molecule has 0 radical (unpaired) electrons. The summed E-state index contributed by atoms with van der Waals surface area (Å²) >= 11 is 6.40. The van der Waals surface area contributed by atoms with E-state index in [2.05, 4.69) is 48.1 Å². The SMILES string of the molecule is CN1C[C@](C)(CO)C=C2c3cccc4[nH]c(Cl)c(c34)C[C@H]21. The maximum atomic E-state index is 9.75. The number of aromatic amines is 1. The summed E-state index contributed by atoms with van der Waals surface area (Å²) in [6.45, 7) is 3.15. The standard InChI is InChI=1S/C17H19ClN2O/c1-17(9-21)7-12-10-4-3-5-13-15(10)11(16(18)19-13)6-14(12)20(2)8-17/h3-5,7,14,19,21H,6,8-9H2,1-2H3/t14-,17-/m1/s1. The summed E-state index contributed by atoms with van der Waals surface area (Å²) < 4.78 is 0. The molecule has 3 nitrogen and oxygen atoms in total. The first-order valence-electron chi connectivity index (χ1n) is 7.36. The lowest BCUT2D eigenvalue weighted by molar-refractivity contribution is 0.117. The highest BCUT2D eigenvalue weighted by molar-refractivity contribution is 6.32. The molecule has 1 aliphatic carbocycles. The minimum absolute atomic E-state index is 0.171. The molecule has 0 unspecified atom stereocenters. The lowest BCUT2D eigenvalue weighted by Crippen LogP contribution is -2.47. The van der Waals surface area contributed by atoms with E-state index in [1.54, 1.807) is 0 Å². The largest absolute Gasteiger partial charge is 0.395 e. The van der Waals surface area contributed by atoms with E-state index in [4.69, 9.17) is 11.6 Å². The van der Waals surface area contributed by atoms with Gasteiger partial charge in [-0.25, -0.2) is 0 Å². The first kappa shape index (κ1) is 13.4. The van der Waals surface area contributed by atoms with Gasteiger partial charge in [-0.2, -0.15) is 0 Å². The number of likely N-dealkylation sites (N-methyl/N-ethyl adjacent to an activating group) is 1. The molecular weight excluding hydrogens is 284 g/mol. The Balaban J connectivity index is 2.01. The normalized spacial score (nSPS) is 28.6. The van der Waals surface area contributed by atoms with E-state index < -0.39 is 0 Å². The molecule has 0 saturated heterocycles. The zero-order chi connectivity index (χ0) is 14.8. The summed E-state index contributed by atoms with van der Waals surface area (Å²) in [5.41, 5.74) is 4.73. The topological polar surface area (TPSA) is 39.3 Å². The fourth-order valence-electron chi connectivity index (χ4n) is 3.96. The van der Waals surface area contributed by atoms with Gasteiger partial charge in [0.15, 0.2) is 0 Å². The predicted molar refractivity (Wildman–Crippen MR) is 86.6 cm³/mol. The molecule has 2 heterocycles. The molecule has 0 amide bonds. The Hall–Kier alpha value is -1.29. The van der Waals surface area contributed by atoms with Gasteiger partial charge in [-0.3, -0.25) is 4.90 Å². The van der Waals surface area contributed by atoms with Crippen molar-refractivity contribution in [3.05, 3.63) is 40.6 Å². The lowest BCUT2D eigenvalue weighted by Gasteiger charge is -2.43. The minimum atomic E-state index is -0.180. The monoisotopic (exact) mass is 302 g/mol. The van der Waals surface area contributed by atoms with Crippen LogP contribution in [0.3, 0.4) is 0 Å². The third kappa shape index (κ3) is 1.81. The van der Waals surface area contributed by atoms with Crippen LogP contribution in [0, 0.1) is 5.41 Å². The first-order valence-corrected chi connectivity index (χ1v) is 7.73. The number of hydrogen-bond acceptors (Lipinski definition) is 2. The molecule has 1 aliphatic heterocycles. The second kappa shape index (κ2) is 4.35. The molecule has 2 aliphatic rings. The number of halogens is 1. The Morgan fingerprint density at radius 3 is 3.05 bits per heavy atom. The second-order valence-corrected chi connectivity index (χ2v) is 7.07. The number of nitrogens with one attached hydrogen (secondary N) is 1. The van der Waals surface area contributed by atoms with Crippen LogP contribution in [0.25, 0.3) is 16.5 Å². The molecule has 2 atom stereocenters. The summed E-state index contributed by atoms with van der Waals surface area (Å²) in [6.07, 6.45) is 3.20. The smallest absolute Gasteiger partial charge is 0.110 e. The van der Waals surface area contributed by atoms with E-state index in [1.165, 1.54) is 22.1 Å². The summed E-state index contributed by atoms with van der Waals surface area (Å²) in [5, 5.41) is 11.8. The van der Waals surface area contributed by atoms with Crippen molar-refractivity contribution >= 4 is 28.1 Å². The minimum Gasteiger partial charge on any atom is -0.395 e. The fraction of sp³-hybridized carbons (Fsp3) is 0.412. The Bertz CT molecular complexity index is 763. The second-order valence-electron chi connectivity index (χ2n) is 6.69. The molecule has 2 N–H and O–H groups in total. The number of aromatic nitrogens is 1. The Morgan fingerprint density at radius 1 is 1.48 bits per heavy atom. The lowest BCUT2D eigenvalue weighted by atomic mass is 9.75. The maximum Gasteiger partial charge on any atom is 0.110 e. The Labute approximate surface area is 129 Å². The number of aliphatic hydroxyl groups is 1. The van der Waals surface area contributed by atoms with Crippen LogP contribution in [0.5, 0.6) is 0 Å². The molecular formula is C17H19ClN2O. The average molecular weight is 303 g/mol. The highest BCUT2D eigenvalue weighted by Gasteiger charge is 2.38. The van der Waals surface area contributed by atoms with Crippen LogP contribution >= 0.6 is 11.6 Å². The van der Waals surface area contributed by atoms with Gasteiger partial charge in [0.2, 0.25) is 0 Å². The number of rotatable bonds is 1. The van der Waals surface area contributed by atoms with Gasteiger partial charge >= 0.3 is 0 Å². The summed E-state index contributed by atoms with van der Waals surface area (Å²) in [6, 6.07) is 6.66. The van der Waals surface area contributed by atoms with Gasteiger partial charge in [0, 0.05) is 28.9 Å². The van der Waals surface area contributed by atoms with Crippen molar-refractivity contribution in [1.82, 2.24) is 9.88 Å². The number of hydrogen-bond donors (Lipinski definition) is 2. The quantitative estimate of drug-likeness (QED) is 0.850. The van der Waals surface area contributed by atoms with Gasteiger partial charge in [0.25, 0.3) is 0 Å². The Morgan fingerprint density at radius 2 is 2.29 bits per heavy atom. The number of fused-ring (bicyclic) bond motifs is 2. The van der Waals surface area contributed by atoms with Crippen LogP contribution in [-0.2, 0) is 6.42 Å². The van der Waals surface area contributed by atoms with E-state index in [0.717, 1.165) is 23.6 Å². The van der Waals surface area contributed by atoms with E-state index in [1.807, 2.05) is 0 Å². The maximum absolute atomic E-state index is 9.75. The molecule has 0 fully saturated rings. The molecule has 21 heavy (non-hydrogen) atoms. The molecule has 0 bridgehead atoms. The number of benzene rings is 1. The molecule has 1 aromatic heterocycles. The van der Waals surface area contributed by atoms with E-state index in [9.17, 15) is 5.11 Å². The summed E-state index contributed by atoms with van der Waals surface area (Å²) in [4.78, 5) is 5.63. The zero-order valence-electron chi connectivity index (χ0n) is 12.3. The van der Waals surface area contributed by atoms with Crippen LogP contribution in [0.4, 0.5) is 0 Å². The summed E-state index contributed by atoms with van der Waals surface area (Å²) in [7, 11) is 2.14. The van der Waals surface area contributed by atoms with E-state index in [0.29, 0.717) is 6.04 Å². The van der Waals surface area contributed by atoms with Gasteiger partial charge in [0.1, 0.15) is 5.15 Å². The molecule has 0 saturated carbocycles. The number of aliphatic hydroxyl groups excluding tert-OH is 1. The molecule has 4 heteroatoms. The summed E-state index contributed by atoms with van der Waals surface area (Å²) in [5.74, 6) is 0. The predicted octanol–water partition coefficient (Wildman–Crippen LogP) is 3.07. The van der Waals surface area contributed by atoms with Gasteiger partial charge in [-0.1, -0.05) is 36.7 Å². The van der Waals surface area contributed by atoms with Crippen LogP contribution in [-0.4, -0.2) is 41.2 Å². The molecule has 1 aromatic carbocycles. The van der Waals surface area contributed by atoms with Crippen molar-refractivity contribution in [3.63, 3.8) is 0 Å². The van der Waals surface area contributed by atoms with Gasteiger partial charge in [-0.15, -0.1) is 0 Å². The van der Waals surface area contributed by atoms with E-state index in [-0.39, 0.29) is 12.0 Å². The van der Waals surface area contributed by atoms with Gasteiger partial charge in [0.05, 0.1) is 6.61 Å². The molecule has 0 spiro atoms. The van der Waals surface area contributed by atoms with Crippen molar-refractivity contribution in [2.45, 2.75) is 19.4 Å². The van der Waals surface area contributed by atoms with Crippen LogP contribution in [0.2, 0.25) is 5.15 Å². The van der Waals surface area contributed by atoms with Crippen molar-refractivity contribution in [2.75, 3.05) is 20.2 Å². The van der Waals surface area contributed by atoms with Crippen molar-refractivity contribution in [2.24, 2.45) is 5.41 Å². The van der Waals surface area contributed by atoms with Crippen molar-refractivity contribution in [3.8, 4) is 0 Å². The van der Waals surface area contributed by atoms with Crippen molar-refractivity contribution < 1.29 is 5.11 Å². The number of H-pyrrole nitrogens is 1. The van der Waals surface area contributed by atoms with E-state index >= 15 is 0 Å². The number of nitrogens with zero attached hydrogens (tertiary/aromatic N) is 1. The zero-order valence-corrected chi connectivity index (χ0v) is 13.0. The van der Waals surface area contributed by atoms with Gasteiger partial charge in [-0.05, 0) is 36.2 Å². The highest BCUT2D eigenvalue weighted by atomic mass is 35.5. The average Bonchev–Trinajstić information content (AvgIpc) is 2.78. The van der Waals surface area contributed by atoms with Gasteiger partial charge < -0.3 is 10.1 Å². The van der Waals surface area contributed by atoms with Crippen LogP contribution in [0.15, 0.2) is 24.3 Å². The van der Waals surface area contributed by atoms with Crippen LogP contribution < -0.4 is 0 Å². The van der Waals surface area contributed by atoms with Crippen LogP contribution in [0.1, 0.15) is 18.1 Å². The highest BCUT2D eigenvalue weighted by Crippen LogP contribution is 2.45. The molecule has 2 aromatic rings.